The van der Waals surface area contributed by atoms with E-state index in [-0.39, 0.29) is 12.3 Å². The largest absolute Gasteiger partial charge is 0.378 e. The lowest BCUT2D eigenvalue weighted by Gasteiger charge is -2.09. The average molecular weight is 344 g/mol. The molecule has 0 radical (unpaired) electrons. The number of hydrogen-bond acceptors (Lipinski definition) is 2. The molecule has 4 heteroatoms. The molecule has 0 aromatic heterocycles. The number of carbonyl (C=O) groups excluding carboxylic acids is 1. The molecule has 23 heavy (non-hydrogen) atoms. The molecule has 3 aromatic rings. The summed E-state index contributed by atoms with van der Waals surface area (Å²) in [5, 5.41) is 6.43. The minimum atomic E-state index is 0.0714. The Kier molecular flexibility index (Phi) is 4.85. The summed E-state index contributed by atoms with van der Waals surface area (Å²) in [5.74, 6) is 0.0714. The van der Waals surface area contributed by atoms with Crippen LogP contribution in [0.15, 0.2) is 60.7 Å². The van der Waals surface area contributed by atoms with Gasteiger partial charge in [0.05, 0.1) is 11.6 Å². The Morgan fingerprint density at radius 3 is 2.61 bits per heavy atom. The first-order chi connectivity index (χ1) is 11.1. The highest BCUT2D eigenvalue weighted by molar-refractivity contribution is 6.36. The molecule has 0 bridgehead atoms. The molecule has 0 atom stereocenters. The summed E-state index contributed by atoms with van der Waals surface area (Å²) >= 11 is 12.4. The summed E-state index contributed by atoms with van der Waals surface area (Å²) < 4.78 is 0. The van der Waals surface area contributed by atoms with Crippen LogP contribution >= 0.6 is 23.2 Å². The second-order valence-electron chi connectivity index (χ2n) is 5.34. The van der Waals surface area contributed by atoms with Crippen LogP contribution in [-0.2, 0) is 11.2 Å². The van der Waals surface area contributed by atoms with Crippen molar-refractivity contribution in [2.75, 3.05) is 11.9 Å². The van der Waals surface area contributed by atoms with Crippen molar-refractivity contribution in [3.8, 4) is 0 Å². The fourth-order valence-electron chi connectivity index (χ4n) is 2.49. The number of anilines is 1. The first-order valence-corrected chi connectivity index (χ1v) is 8.06. The molecule has 0 saturated carbocycles. The molecule has 0 heterocycles. The quantitative estimate of drug-likeness (QED) is 0.674. The molecule has 0 spiro atoms. The molecule has 1 N–H and O–H groups in total. The number of halogens is 2. The van der Waals surface area contributed by atoms with Crippen LogP contribution in [0.25, 0.3) is 10.8 Å². The van der Waals surface area contributed by atoms with Gasteiger partial charge in [-0.05, 0) is 29.1 Å². The minimum Gasteiger partial charge on any atom is -0.378 e. The molecule has 2 nitrogen and oxygen atoms in total. The van der Waals surface area contributed by atoms with Crippen molar-refractivity contribution in [3.63, 3.8) is 0 Å². The smallest absolute Gasteiger partial charge is 0.156 e. The maximum atomic E-state index is 12.2. The number of carbonyl (C=O) groups is 1. The summed E-state index contributed by atoms with van der Waals surface area (Å²) in [6, 6.07) is 19.1. The Bertz CT molecular complexity index is 861. The third-order valence-corrected chi connectivity index (χ3v) is 4.33. The van der Waals surface area contributed by atoms with Gasteiger partial charge in [-0.1, -0.05) is 65.7 Å². The van der Waals surface area contributed by atoms with E-state index >= 15 is 0 Å². The lowest BCUT2D eigenvalue weighted by molar-refractivity contribution is -0.116. The van der Waals surface area contributed by atoms with Crippen LogP contribution in [0.1, 0.15) is 5.56 Å². The zero-order valence-corrected chi connectivity index (χ0v) is 13.9. The molecule has 0 aliphatic rings. The van der Waals surface area contributed by atoms with Gasteiger partial charge in [0.25, 0.3) is 0 Å². The van der Waals surface area contributed by atoms with E-state index in [4.69, 9.17) is 23.2 Å². The highest BCUT2D eigenvalue weighted by Gasteiger charge is 2.10. The van der Waals surface area contributed by atoms with E-state index in [1.165, 1.54) is 0 Å². The van der Waals surface area contributed by atoms with Gasteiger partial charge in [0.1, 0.15) is 0 Å². The van der Waals surface area contributed by atoms with Crippen molar-refractivity contribution in [3.05, 3.63) is 76.3 Å². The van der Waals surface area contributed by atoms with Crippen molar-refractivity contribution in [1.29, 1.82) is 0 Å². The number of ketones is 1. The number of Topliss-reactive ketones (excluding diaryl/α,β-unsaturated/α-hetero) is 1. The predicted octanol–water partition coefficient (Wildman–Crippen LogP) is 5.37. The Labute approximate surface area is 145 Å². The Morgan fingerprint density at radius 1 is 0.957 bits per heavy atom. The van der Waals surface area contributed by atoms with E-state index in [1.807, 2.05) is 48.5 Å². The molecule has 0 aliphatic heterocycles. The number of hydrogen-bond donors (Lipinski definition) is 1. The molecule has 0 saturated heterocycles. The molecule has 0 fully saturated rings. The van der Waals surface area contributed by atoms with Crippen LogP contribution in [0.3, 0.4) is 0 Å². The Balaban J connectivity index is 1.69. The van der Waals surface area contributed by atoms with Crippen LogP contribution in [0.5, 0.6) is 0 Å². The number of benzene rings is 3. The van der Waals surface area contributed by atoms with Crippen molar-refractivity contribution in [1.82, 2.24) is 0 Å². The normalized spacial score (nSPS) is 10.7. The van der Waals surface area contributed by atoms with Crippen molar-refractivity contribution in [2.24, 2.45) is 0 Å². The lowest BCUT2D eigenvalue weighted by Crippen LogP contribution is -2.16. The summed E-state index contributed by atoms with van der Waals surface area (Å²) in [6.07, 6.45) is 0.303. The van der Waals surface area contributed by atoms with Crippen molar-refractivity contribution < 1.29 is 4.79 Å². The monoisotopic (exact) mass is 343 g/mol. The molecular formula is C19H15Cl2NO. The molecule has 3 rings (SSSR count). The van der Waals surface area contributed by atoms with Gasteiger partial charge in [0.15, 0.2) is 5.78 Å². The second-order valence-corrected chi connectivity index (χ2v) is 6.15. The summed E-state index contributed by atoms with van der Waals surface area (Å²) in [7, 11) is 0. The van der Waals surface area contributed by atoms with Crippen LogP contribution in [0.4, 0.5) is 5.69 Å². The van der Waals surface area contributed by atoms with Gasteiger partial charge in [-0.15, -0.1) is 0 Å². The first kappa shape index (κ1) is 15.9. The molecule has 0 aliphatic carbocycles. The summed E-state index contributed by atoms with van der Waals surface area (Å²) in [4.78, 5) is 12.2. The van der Waals surface area contributed by atoms with Gasteiger partial charge in [-0.25, -0.2) is 0 Å². The fourth-order valence-corrected chi connectivity index (χ4v) is 2.98. The zero-order valence-electron chi connectivity index (χ0n) is 12.4. The van der Waals surface area contributed by atoms with Crippen LogP contribution < -0.4 is 5.32 Å². The van der Waals surface area contributed by atoms with Crippen LogP contribution in [0.2, 0.25) is 10.0 Å². The Hall–Kier alpha value is -2.03. The zero-order chi connectivity index (χ0) is 16.2. The highest BCUT2D eigenvalue weighted by atomic mass is 35.5. The molecule has 0 amide bonds. The van der Waals surface area contributed by atoms with E-state index in [9.17, 15) is 4.79 Å². The van der Waals surface area contributed by atoms with Gasteiger partial charge in [0, 0.05) is 22.5 Å². The summed E-state index contributed by atoms with van der Waals surface area (Å²) in [5.41, 5.74) is 1.68. The maximum Gasteiger partial charge on any atom is 0.156 e. The summed E-state index contributed by atoms with van der Waals surface area (Å²) in [6.45, 7) is 0.240. The first-order valence-electron chi connectivity index (χ1n) is 7.31. The van der Waals surface area contributed by atoms with Gasteiger partial charge in [-0.2, -0.15) is 0 Å². The van der Waals surface area contributed by atoms with E-state index < -0.39 is 0 Å². The lowest BCUT2D eigenvalue weighted by atomic mass is 10.0. The third kappa shape index (κ3) is 3.84. The number of nitrogens with one attached hydrogen (secondary N) is 1. The van der Waals surface area contributed by atoms with Crippen LogP contribution in [0, 0.1) is 0 Å². The van der Waals surface area contributed by atoms with Gasteiger partial charge in [0.2, 0.25) is 0 Å². The molecule has 116 valence electrons. The maximum absolute atomic E-state index is 12.2. The fraction of sp³-hybridized carbons (Fsp3) is 0.105. The van der Waals surface area contributed by atoms with Gasteiger partial charge in [-0.3, -0.25) is 4.79 Å². The average Bonchev–Trinajstić information content (AvgIpc) is 2.56. The van der Waals surface area contributed by atoms with Crippen molar-refractivity contribution in [2.45, 2.75) is 6.42 Å². The van der Waals surface area contributed by atoms with E-state index in [2.05, 4.69) is 5.32 Å². The second kappa shape index (κ2) is 7.03. The van der Waals surface area contributed by atoms with E-state index in [0.29, 0.717) is 16.5 Å². The minimum absolute atomic E-state index is 0.0714. The third-order valence-electron chi connectivity index (χ3n) is 3.65. The SMILES string of the molecule is O=C(CNc1cccc(Cl)c1)Cc1ccc2ccccc2c1Cl. The molecule has 3 aromatic carbocycles. The Morgan fingerprint density at radius 2 is 1.78 bits per heavy atom. The van der Waals surface area contributed by atoms with Gasteiger partial charge < -0.3 is 5.32 Å². The highest BCUT2D eigenvalue weighted by Crippen LogP contribution is 2.27. The van der Waals surface area contributed by atoms with Crippen molar-refractivity contribution >= 4 is 45.4 Å². The van der Waals surface area contributed by atoms with Gasteiger partial charge >= 0.3 is 0 Å². The molecule has 0 unspecified atom stereocenters. The number of rotatable bonds is 5. The molecular weight excluding hydrogens is 329 g/mol. The van der Waals surface area contributed by atoms with Crippen LogP contribution in [-0.4, -0.2) is 12.3 Å². The topological polar surface area (TPSA) is 29.1 Å². The standard InChI is InChI=1S/C19H15Cl2NO/c20-15-5-3-6-16(11-15)22-12-17(23)10-14-9-8-13-4-1-2-7-18(13)19(14)21/h1-9,11,22H,10,12H2. The predicted molar refractivity (Wildman–Crippen MR) is 97.6 cm³/mol. The van der Waals surface area contributed by atoms with E-state index in [1.54, 1.807) is 12.1 Å². The number of fused-ring (bicyclic) bond motifs is 1. The van der Waals surface area contributed by atoms with E-state index in [0.717, 1.165) is 22.0 Å².